The lowest BCUT2D eigenvalue weighted by molar-refractivity contribution is 0.0934. The number of amides is 1. The number of rotatable bonds is 10. The van der Waals surface area contributed by atoms with Crippen LogP contribution in [0.15, 0.2) is 87.9 Å². The SMILES string of the molecule is CC(CCc1ccccc1)NC(=O)c1csc(CSc2nnc(-c3ccco3)n2-c2ccc(Cl)cc2)n1. The molecule has 188 valence electrons. The molecule has 0 fully saturated rings. The maximum Gasteiger partial charge on any atom is 0.270 e. The van der Waals surface area contributed by atoms with E-state index in [-0.39, 0.29) is 11.9 Å². The van der Waals surface area contributed by atoms with Crippen LogP contribution < -0.4 is 5.32 Å². The molecule has 0 saturated heterocycles. The van der Waals surface area contributed by atoms with Gasteiger partial charge < -0.3 is 9.73 Å². The van der Waals surface area contributed by atoms with Crippen molar-refractivity contribution in [2.45, 2.75) is 36.7 Å². The quantitative estimate of drug-likeness (QED) is 0.195. The molecule has 0 aliphatic heterocycles. The second-order valence-corrected chi connectivity index (χ2v) is 10.7. The number of aromatic nitrogens is 4. The molecule has 0 bridgehead atoms. The number of hydrogen-bond donors (Lipinski definition) is 1. The fourth-order valence-corrected chi connectivity index (χ4v) is 5.63. The van der Waals surface area contributed by atoms with E-state index < -0.39 is 0 Å². The molecular formula is C27H24ClN5O2S2. The summed E-state index contributed by atoms with van der Waals surface area (Å²) >= 11 is 9.04. The molecule has 0 aliphatic carbocycles. The van der Waals surface area contributed by atoms with Crippen molar-refractivity contribution in [3.05, 3.63) is 99.7 Å². The summed E-state index contributed by atoms with van der Waals surface area (Å²) in [6, 6.07) is 21.4. The molecule has 0 saturated carbocycles. The minimum Gasteiger partial charge on any atom is -0.461 e. The molecule has 5 aromatic rings. The van der Waals surface area contributed by atoms with Gasteiger partial charge in [0.2, 0.25) is 5.82 Å². The van der Waals surface area contributed by atoms with Gasteiger partial charge in [-0.05, 0) is 61.7 Å². The molecule has 10 heteroatoms. The fourth-order valence-electron chi connectivity index (χ4n) is 3.76. The van der Waals surface area contributed by atoms with E-state index in [0.29, 0.717) is 33.2 Å². The zero-order valence-electron chi connectivity index (χ0n) is 20.0. The van der Waals surface area contributed by atoms with Crippen LogP contribution in [0, 0.1) is 0 Å². The van der Waals surface area contributed by atoms with E-state index in [4.69, 9.17) is 16.0 Å². The summed E-state index contributed by atoms with van der Waals surface area (Å²) in [4.78, 5) is 17.3. The zero-order valence-corrected chi connectivity index (χ0v) is 22.4. The first kappa shape index (κ1) is 25.3. The summed E-state index contributed by atoms with van der Waals surface area (Å²) in [6.07, 6.45) is 3.38. The predicted molar refractivity (Wildman–Crippen MR) is 147 cm³/mol. The summed E-state index contributed by atoms with van der Waals surface area (Å²) in [5, 5.41) is 15.8. The van der Waals surface area contributed by atoms with Crippen molar-refractivity contribution in [1.82, 2.24) is 25.1 Å². The van der Waals surface area contributed by atoms with Crippen molar-refractivity contribution in [2.24, 2.45) is 0 Å². The molecule has 5 rings (SSSR count). The lowest BCUT2D eigenvalue weighted by Gasteiger charge is -2.12. The second kappa shape index (κ2) is 11.8. The zero-order chi connectivity index (χ0) is 25.6. The second-order valence-electron chi connectivity index (χ2n) is 8.41. The maximum absolute atomic E-state index is 12.7. The first-order chi connectivity index (χ1) is 18.1. The highest BCUT2D eigenvalue weighted by molar-refractivity contribution is 7.98. The normalized spacial score (nSPS) is 11.9. The first-order valence-electron chi connectivity index (χ1n) is 11.7. The van der Waals surface area contributed by atoms with Gasteiger partial charge >= 0.3 is 0 Å². The van der Waals surface area contributed by atoms with Gasteiger partial charge in [-0.2, -0.15) is 0 Å². The molecule has 1 N–H and O–H groups in total. The highest BCUT2D eigenvalue weighted by atomic mass is 35.5. The van der Waals surface area contributed by atoms with Gasteiger partial charge in [0, 0.05) is 22.1 Å². The van der Waals surface area contributed by atoms with Crippen LogP contribution in [0.4, 0.5) is 0 Å². The monoisotopic (exact) mass is 549 g/mol. The summed E-state index contributed by atoms with van der Waals surface area (Å²) in [6.45, 7) is 2.02. The largest absolute Gasteiger partial charge is 0.461 e. The van der Waals surface area contributed by atoms with Crippen LogP contribution in [-0.4, -0.2) is 31.7 Å². The third-order valence-electron chi connectivity index (χ3n) is 5.66. The number of thioether (sulfide) groups is 1. The highest BCUT2D eigenvalue weighted by Crippen LogP contribution is 2.31. The number of nitrogens with one attached hydrogen (secondary N) is 1. The maximum atomic E-state index is 12.7. The number of thiazole rings is 1. The molecule has 0 aliphatic rings. The van der Waals surface area contributed by atoms with Gasteiger partial charge in [0.1, 0.15) is 10.7 Å². The summed E-state index contributed by atoms with van der Waals surface area (Å²) in [5.74, 6) is 1.60. The van der Waals surface area contributed by atoms with E-state index in [1.54, 1.807) is 11.6 Å². The molecule has 7 nitrogen and oxygen atoms in total. The number of carbonyl (C=O) groups is 1. The molecule has 3 aromatic heterocycles. The molecule has 2 aromatic carbocycles. The van der Waals surface area contributed by atoms with Crippen LogP contribution in [0.3, 0.4) is 0 Å². The van der Waals surface area contributed by atoms with Gasteiger partial charge in [-0.3, -0.25) is 9.36 Å². The summed E-state index contributed by atoms with van der Waals surface area (Å²) in [7, 11) is 0. The number of nitrogens with zero attached hydrogens (tertiary/aromatic N) is 4. The smallest absolute Gasteiger partial charge is 0.270 e. The van der Waals surface area contributed by atoms with Crippen LogP contribution in [-0.2, 0) is 12.2 Å². The molecule has 0 radical (unpaired) electrons. The van der Waals surface area contributed by atoms with Gasteiger partial charge in [-0.1, -0.05) is 53.7 Å². The number of halogens is 1. The van der Waals surface area contributed by atoms with Crippen molar-refractivity contribution in [1.29, 1.82) is 0 Å². The predicted octanol–water partition coefficient (Wildman–Crippen LogP) is 6.68. The Hall–Kier alpha value is -3.40. The van der Waals surface area contributed by atoms with E-state index >= 15 is 0 Å². The Bertz CT molecular complexity index is 1450. The molecule has 3 heterocycles. The Labute approximate surface area is 227 Å². The van der Waals surface area contributed by atoms with Gasteiger partial charge in [0.25, 0.3) is 5.91 Å². The number of hydrogen-bond acceptors (Lipinski definition) is 7. The number of furan rings is 1. The van der Waals surface area contributed by atoms with E-state index in [1.165, 1.54) is 28.7 Å². The van der Waals surface area contributed by atoms with Crippen molar-refractivity contribution in [3.63, 3.8) is 0 Å². The minimum absolute atomic E-state index is 0.0465. The average molecular weight is 550 g/mol. The van der Waals surface area contributed by atoms with Crippen molar-refractivity contribution < 1.29 is 9.21 Å². The van der Waals surface area contributed by atoms with E-state index in [2.05, 4.69) is 32.6 Å². The van der Waals surface area contributed by atoms with Crippen LogP contribution in [0.1, 0.15) is 34.4 Å². The molecule has 1 unspecified atom stereocenters. The van der Waals surface area contributed by atoms with Gasteiger partial charge in [0.05, 0.1) is 12.0 Å². The van der Waals surface area contributed by atoms with Crippen LogP contribution in [0.2, 0.25) is 5.02 Å². The highest BCUT2D eigenvalue weighted by Gasteiger charge is 2.19. The average Bonchev–Trinajstić information content (AvgIpc) is 3.68. The molecule has 37 heavy (non-hydrogen) atoms. The van der Waals surface area contributed by atoms with Crippen LogP contribution in [0.5, 0.6) is 0 Å². The lowest BCUT2D eigenvalue weighted by Crippen LogP contribution is -2.33. The van der Waals surface area contributed by atoms with Gasteiger partial charge in [-0.15, -0.1) is 21.5 Å². The molecule has 0 spiro atoms. The topological polar surface area (TPSA) is 85.8 Å². The van der Waals surface area contributed by atoms with E-state index in [0.717, 1.165) is 23.5 Å². The Morgan fingerprint density at radius 2 is 1.92 bits per heavy atom. The number of carbonyl (C=O) groups excluding carboxylic acids is 1. The molecule has 1 atom stereocenters. The Morgan fingerprint density at radius 3 is 2.68 bits per heavy atom. The summed E-state index contributed by atoms with van der Waals surface area (Å²) < 4.78 is 7.50. The molecular weight excluding hydrogens is 526 g/mol. The van der Waals surface area contributed by atoms with Crippen molar-refractivity contribution >= 4 is 40.6 Å². The lowest BCUT2D eigenvalue weighted by atomic mass is 10.1. The van der Waals surface area contributed by atoms with Crippen molar-refractivity contribution in [3.8, 4) is 17.3 Å². The third kappa shape index (κ3) is 6.30. The van der Waals surface area contributed by atoms with Gasteiger partial charge in [-0.25, -0.2) is 4.98 Å². The van der Waals surface area contributed by atoms with Crippen LogP contribution in [0.25, 0.3) is 17.3 Å². The Kier molecular flexibility index (Phi) is 8.03. The van der Waals surface area contributed by atoms with Crippen molar-refractivity contribution in [2.75, 3.05) is 0 Å². The number of aryl methyl sites for hydroxylation is 1. The van der Waals surface area contributed by atoms with Gasteiger partial charge in [0.15, 0.2) is 10.9 Å². The molecule has 1 amide bonds. The standard InChI is InChI=1S/C27H24ClN5O2S2/c1-18(9-10-19-6-3-2-4-7-19)29-26(34)22-16-36-24(30-22)17-37-27-32-31-25(23-8-5-15-35-23)33(27)21-13-11-20(28)12-14-21/h2-8,11-16,18H,9-10,17H2,1H3,(H,29,34). The number of benzene rings is 2. The Balaban J connectivity index is 1.24. The first-order valence-corrected chi connectivity index (χ1v) is 14.0. The third-order valence-corrected chi connectivity index (χ3v) is 7.88. The minimum atomic E-state index is -0.155. The Morgan fingerprint density at radius 1 is 1.11 bits per heavy atom. The fraction of sp³-hybridized carbons (Fsp3) is 0.185. The summed E-state index contributed by atoms with van der Waals surface area (Å²) in [5.41, 5.74) is 2.56. The van der Waals surface area contributed by atoms with E-state index in [9.17, 15) is 4.79 Å². The van der Waals surface area contributed by atoms with E-state index in [1.807, 2.05) is 66.1 Å². The van der Waals surface area contributed by atoms with Crippen LogP contribution >= 0.6 is 34.7 Å².